The van der Waals surface area contributed by atoms with Gasteiger partial charge >= 0.3 is 5.97 Å². The number of amides is 1. The Labute approximate surface area is 162 Å². The van der Waals surface area contributed by atoms with Crippen molar-refractivity contribution < 1.29 is 19.1 Å². The molecule has 3 rings (SSSR count). The van der Waals surface area contributed by atoms with Crippen LogP contribution < -0.4 is 5.32 Å². The van der Waals surface area contributed by atoms with Gasteiger partial charge in [-0.15, -0.1) is 0 Å². The number of rotatable bonds is 6. The Bertz CT molecular complexity index is 912. The van der Waals surface area contributed by atoms with Gasteiger partial charge < -0.3 is 19.2 Å². The highest BCUT2D eigenvalue weighted by atomic mass is 35.5. The lowest BCUT2D eigenvalue weighted by Crippen LogP contribution is -2.26. The molecule has 0 aromatic carbocycles. The molecule has 0 radical (unpaired) electrons. The second-order valence-corrected chi connectivity index (χ2v) is 7.06. The summed E-state index contributed by atoms with van der Waals surface area (Å²) in [6.45, 7) is 4.26. The molecule has 8 heteroatoms. The van der Waals surface area contributed by atoms with Gasteiger partial charge in [0.2, 0.25) is 11.7 Å². The molecule has 1 aliphatic rings. The van der Waals surface area contributed by atoms with Gasteiger partial charge in [0.15, 0.2) is 0 Å². The van der Waals surface area contributed by atoms with Crippen LogP contribution >= 0.6 is 11.6 Å². The number of esters is 1. The topological polar surface area (TPSA) is 82.3 Å². The molecule has 3 heterocycles. The second kappa shape index (κ2) is 7.60. The lowest BCUT2D eigenvalue weighted by Gasteiger charge is -2.10. The number of nitrogens with one attached hydrogen (secondary N) is 1. The van der Waals surface area contributed by atoms with Gasteiger partial charge in [0.05, 0.1) is 23.9 Å². The van der Waals surface area contributed by atoms with Crippen LogP contribution in [0.5, 0.6) is 0 Å². The molecule has 2 aromatic heterocycles. The van der Waals surface area contributed by atoms with Crippen molar-refractivity contribution in [2.75, 3.05) is 13.2 Å². The van der Waals surface area contributed by atoms with Gasteiger partial charge in [-0.05, 0) is 37.1 Å². The smallest absolute Gasteiger partial charge is 0.315 e. The monoisotopic (exact) mass is 391 g/mol. The maximum absolute atomic E-state index is 13.0. The zero-order valence-electron chi connectivity index (χ0n) is 15.5. The van der Waals surface area contributed by atoms with Gasteiger partial charge in [0.25, 0.3) is 0 Å². The molecule has 0 bridgehead atoms. The van der Waals surface area contributed by atoms with E-state index >= 15 is 0 Å². The number of carbonyl (C=O) groups excluding carboxylic acids is 3. The van der Waals surface area contributed by atoms with Crippen LogP contribution in [0.1, 0.15) is 46.7 Å². The first-order valence-electron chi connectivity index (χ1n) is 8.78. The van der Waals surface area contributed by atoms with E-state index in [-0.39, 0.29) is 30.8 Å². The number of ketones is 1. The fraction of sp³-hybridized carbons (Fsp3) is 0.421. The molecule has 0 saturated heterocycles. The van der Waals surface area contributed by atoms with Gasteiger partial charge in [-0.2, -0.15) is 0 Å². The quantitative estimate of drug-likeness (QED) is 0.465. The summed E-state index contributed by atoms with van der Waals surface area (Å²) in [5.41, 5.74) is 2.70. The molecule has 1 unspecified atom stereocenters. The Morgan fingerprint density at radius 1 is 1.33 bits per heavy atom. The molecule has 2 aromatic rings. The first kappa shape index (κ1) is 19.2. The van der Waals surface area contributed by atoms with Crippen molar-refractivity contribution in [1.82, 2.24) is 14.5 Å². The Hall–Kier alpha value is -2.54. The molecule has 1 atom stereocenters. The summed E-state index contributed by atoms with van der Waals surface area (Å²) in [6, 6.07) is 5.27. The molecule has 1 amide bonds. The Morgan fingerprint density at radius 3 is 2.70 bits per heavy atom. The van der Waals surface area contributed by atoms with E-state index in [0.717, 1.165) is 11.3 Å². The molecule has 7 nitrogen and oxygen atoms in total. The fourth-order valence-corrected chi connectivity index (χ4v) is 3.66. The molecule has 0 aliphatic carbocycles. The van der Waals surface area contributed by atoms with Crippen LogP contribution in [0.3, 0.4) is 0 Å². The zero-order valence-corrected chi connectivity index (χ0v) is 16.3. The summed E-state index contributed by atoms with van der Waals surface area (Å²) in [5, 5.41) is 3.08. The van der Waals surface area contributed by atoms with Crippen molar-refractivity contribution in [2.24, 2.45) is 7.05 Å². The number of aromatic nitrogens is 2. The van der Waals surface area contributed by atoms with E-state index in [4.69, 9.17) is 16.3 Å². The van der Waals surface area contributed by atoms with Crippen LogP contribution in [-0.2, 0) is 27.9 Å². The van der Waals surface area contributed by atoms with E-state index < -0.39 is 5.92 Å². The van der Waals surface area contributed by atoms with E-state index in [2.05, 4.69) is 5.32 Å². The van der Waals surface area contributed by atoms with Crippen molar-refractivity contribution in [3.05, 3.63) is 46.0 Å². The van der Waals surface area contributed by atoms with Crippen LogP contribution in [0.2, 0.25) is 5.15 Å². The molecule has 0 saturated carbocycles. The molecule has 1 aliphatic heterocycles. The third-order valence-electron chi connectivity index (χ3n) is 4.83. The highest BCUT2D eigenvalue weighted by molar-refractivity contribution is 6.30. The lowest BCUT2D eigenvalue weighted by molar-refractivity contribution is -0.145. The number of hydrogen-bond acceptors (Lipinski definition) is 4. The van der Waals surface area contributed by atoms with Gasteiger partial charge in [-0.1, -0.05) is 11.6 Å². The highest BCUT2D eigenvalue weighted by Gasteiger charge is 2.34. The molecule has 144 valence electrons. The Morgan fingerprint density at radius 2 is 2.07 bits per heavy atom. The number of nitrogens with zero attached hydrogens (tertiary/aromatic N) is 2. The van der Waals surface area contributed by atoms with Crippen molar-refractivity contribution in [1.29, 1.82) is 0 Å². The van der Waals surface area contributed by atoms with Crippen LogP contribution in [0.25, 0.3) is 0 Å². The largest absolute Gasteiger partial charge is 0.463 e. The fourth-order valence-electron chi connectivity index (χ4n) is 3.50. The van der Waals surface area contributed by atoms with E-state index in [1.807, 2.05) is 17.6 Å². The molecular formula is C19H22ClN3O4. The number of halogens is 1. The van der Waals surface area contributed by atoms with Gasteiger partial charge in [-0.25, -0.2) is 0 Å². The van der Waals surface area contributed by atoms with E-state index in [1.165, 1.54) is 6.92 Å². The lowest BCUT2D eigenvalue weighted by atomic mass is 10.0. The highest BCUT2D eigenvalue weighted by Crippen LogP contribution is 2.34. The van der Waals surface area contributed by atoms with Gasteiger partial charge in [-0.3, -0.25) is 14.4 Å². The maximum atomic E-state index is 13.0. The summed E-state index contributed by atoms with van der Waals surface area (Å²) >= 11 is 6.05. The summed E-state index contributed by atoms with van der Waals surface area (Å²) in [7, 11) is 1.74. The van der Waals surface area contributed by atoms with Crippen molar-refractivity contribution in [3.8, 4) is 0 Å². The zero-order chi connectivity index (χ0) is 19.7. The minimum Gasteiger partial charge on any atom is -0.463 e. The SMILES string of the molecule is CC(=O)NCCOC(=O)C1CCn2c1cc(C)c2C(=O)c1ccc(Cl)n1C. The maximum Gasteiger partial charge on any atom is 0.315 e. The third-order valence-corrected chi connectivity index (χ3v) is 5.21. The summed E-state index contributed by atoms with van der Waals surface area (Å²) in [5.74, 6) is -1.02. The van der Waals surface area contributed by atoms with Crippen molar-refractivity contribution in [3.63, 3.8) is 0 Å². The standard InChI is InChI=1S/C19H22ClN3O4/c1-11-10-15-13(19(26)27-9-7-21-12(2)24)6-8-23(15)17(11)18(25)14-4-5-16(20)22(14)3/h4-5,10,13H,6-9H2,1-3H3,(H,21,24). The number of ether oxygens (including phenoxy) is 1. The molecular weight excluding hydrogens is 370 g/mol. The van der Waals surface area contributed by atoms with Crippen LogP contribution in [-0.4, -0.2) is 39.9 Å². The Kier molecular flexibility index (Phi) is 5.41. The van der Waals surface area contributed by atoms with E-state index in [1.54, 1.807) is 23.7 Å². The van der Waals surface area contributed by atoms with Crippen molar-refractivity contribution >= 4 is 29.3 Å². The predicted octanol–water partition coefficient (Wildman–Crippen LogP) is 2.19. The normalized spacial score (nSPS) is 15.5. The van der Waals surface area contributed by atoms with E-state index in [9.17, 15) is 14.4 Å². The van der Waals surface area contributed by atoms with Gasteiger partial charge in [0, 0.05) is 26.2 Å². The number of fused-ring (bicyclic) bond motifs is 1. The van der Waals surface area contributed by atoms with Crippen molar-refractivity contribution in [2.45, 2.75) is 32.7 Å². The van der Waals surface area contributed by atoms with E-state index in [0.29, 0.717) is 29.5 Å². The molecule has 0 spiro atoms. The first-order chi connectivity index (χ1) is 12.8. The summed E-state index contributed by atoms with van der Waals surface area (Å²) < 4.78 is 8.82. The van der Waals surface area contributed by atoms with Crippen LogP contribution in [0.15, 0.2) is 18.2 Å². The third kappa shape index (κ3) is 3.64. The van der Waals surface area contributed by atoms with Gasteiger partial charge in [0.1, 0.15) is 11.8 Å². The summed E-state index contributed by atoms with van der Waals surface area (Å²) in [4.78, 5) is 36.3. The number of carbonyl (C=O) groups is 3. The summed E-state index contributed by atoms with van der Waals surface area (Å²) in [6.07, 6.45) is 0.586. The van der Waals surface area contributed by atoms with Crippen LogP contribution in [0, 0.1) is 6.92 Å². The molecule has 27 heavy (non-hydrogen) atoms. The first-order valence-corrected chi connectivity index (χ1v) is 9.16. The number of hydrogen-bond donors (Lipinski definition) is 1. The number of aryl methyl sites for hydroxylation is 1. The average Bonchev–Trinajstić information content (AvgIpc) is 3.25. The van der Waals surface area contributed by atoms with Crippen LogP contribution in [0.4, 0.5) is 0 Å². The minimum absolute atomic E-state index is 0.118. The minimum atomic E-state index is -0.403. The second-order valence-electron chi connectivity index (χ2n) is 6.67. The molecule has 0 fully saturated rings. The Balaban J connectivity index is 1.78. The predicted molar refractivity (Wildman–Crippen MR) is 100 cm³/mol. The average molecular weight is 392 g/mol. The molecule has 1 N–H and O–H groups in total.